The van der Waals surface area contributed by atoms with Gasteiger partial charge in [0.1, 0.15) is 11.6 Å². The van der Waals surface area contributed by atoms with Crippen LogP contribution in [0.1, 0.15) is 23.5 Å². The average Bonchev–Trinajstić information content (AvgIpc) is 3.31. The van der Waals surface area contributed by atoms with Gasteiger partial charge in [-0.25, -0.2) is 9.07 Å². The molecule has 1 atom stereocenters. The van der Waals surface area contributed by atoms with Crippen LogP contribution >= 0.6 is 0 Å². The highest BCUT2D eigenvalue weighted by atomic mass is 19.1. The Hall–Kier alpha value is -3.13. The molecule has 5 rings (SSSR count). The number of hydrogen-bond acceptors (Lipinski definition) is 5. The van der Waals surface area contributed by atoms with E-state index in [1.54, 1.807) is 22.9 Å². The van der Waals surface area contributed by atoms with Gasteiger partial charge in [-0.1, -0.05) is 18.2 Å². The summed E-state index contributed by atoms with van der Waals surface area (Å²) in [6.45, 7) is 3.23. The minimum Gasteiger partial charge on any atom is -0.297 e. The van der Waals surface area contributed by atoms with Crippen molar-refractivity contribution in [2.45, 2.75) is 32.5 Å². The monoisotopic (exact) mass is 407 g/mol. The molecule has 0 aliphatic carbocycles. The van der Waals surface area contributed by atoms with Crippen molar-refractivity contribution in [3.8, 4) is 0 Å². The van der Waals surface area contributed by atoms with E-state index in [0.29, 0.717) is 18.8 Å². The third-order valence-electron chi connectivity index (χ3n) is 6.11. The van der Waals surface area contributed by atoms with Crippen molar-refractivity contribution in [3.05, 3.63) is 92.3 Å². The Morgan fingerprint density at radius 1 is 1.00 bits per heavy atom. The highest BCUT2D eigenvalue weighted by Crippen LogP contribution is 2.39. The van der Waals surface area contributed by atoms with E-state index in [-0.39, 0.29) is 17.8 Å². The minimum atomic E-state index is -0.636. The molecule has 2 aliphatic rings. The number of benzene rings is 1. The molecule has 0 saturated carbocycles. The van der Waals surface area contributed by atoms with Crippen molar-refractivity contribution < 1.29 is 4.39 Å². The van der Waals surface area contributed by atoms with Crippen LogP contribution in [0.3, 0.4) is 0 Å². The minimum absolute atomic E-state index is 0.0740. The van der Waals surface area contributed by atoms with Crippen LogP contribution in [0, 0.1) is 11.2 Å². The molecule has 8 heteroatoms. The molecule has 0 unspecified atom stereocenters. The van der Waals surface area contributed by atoms with Crippen LogP contribution in [-0.4, -0.2) is 37.3 Å². The van der Waals surface area contributed by atoms with Gasteiger partial charge in [-0.2, -0.15) is 5.10 Å². The molecule has 1 spiro atoms. The molecule has 0 radical (unpaired) electrons. The fraction of sp³-hybridized carbons (Fsp3) is 0.364. The second-order valence-corrected chi connectivity index (χ2v) is 8.36. The number of halogens is 1. The number of likely N-dealkylation sites (tertiary alicyclic amines) is 1. The summed E-state index contributed by atoms with van der Waals surface area (Å²) in [5, 5.41) is 4.50. The van der Waals surface area contributed by atoms with E-state index < -0.39 is 11.1 Å². The number of pyridine rings is 1. The van der Waals surface area contributed by atoms with Gasteiger partial charge in [0.25, 0.3) is 0 Å². The Balaban J connectivity index is 1.36. The van der Waals surface area contributed by atoms with Crippen LogP contribution in [0.5, 0.6) is 0 Å². The second-order valence-electron chi connectivity index (χ2n) is 8.36. The quantitative estimate of drug-likeness (QED) is 0.612. The lowest BCUT2D eigenvalue weighted by Gasteiger charge is -2.22. The third kappa shape index (κ3) is 3.47. The lowest BCUT2D eigenvalue weighted by molar-refractivity contribution is 0.245. The first kappa shape index (κ1) is 18.9. The largest absolute Gasteiger partial charge is 0.332 e. The van der Waals surface area contributed by atoms with Gasteiger partial charge in [-0.3, -0.25) is 24.0 Å². The van der Waals surface area contributed by atoms with Crippen LogP contribution < -0.4 is 11.1 Å². The molecule has 4 heterocycles. The van der Waals surface area contributed by atoms with Crippen molar-refractivity contribution in [2.75, 3.05) is 13.1 Å². The van der Waals surface area contributed by atoms with Gasteiger partial charge in [0.05, 0.1) is 12.2 Å². The smallest absolute Gasteiger partial charge is 0.297 e. The summed E-state index contributed by atoms with van der Waals surface area (Å²) in [4.78, 5) is 32.1. The SMILES string of the molecule is O=c1c(=O)n2c(nn1Cc1ccc(F)cc1)C[C@]1(CCN(Cc3ccccn3)C1)C2. The van der Waals surface area contributed by atoms with Crippen molar-refractivity contribution in [2.24, 2.45) is 5.41 Å². The normalized spacial score (nSPS) is 20.7. The molecule has 30 heavy (non-hydrogen) atoms. The molecule has 0 amide bonds. The van der Waals surface area contributed by atoms with E-state index in [4.69, 9.17) is 0 Å². The van der Waals surface area contributed by atoms with Gasteiger partial charge < -0.3 is 0 Å². The van der Waals surface area contributed by atoms with E-state index in [2.05, 4.69) is 15.0 Å². The van der Waals surface area contributed by atoms with Gasteiger partial charge in [-0.05, 0) is 42.8 Å². The maximum atomic E-state index is 13.1. The first-order chi connectivity index (χ1) is 14.5. The number of fused-ring (bicyclic) bond motifs is 1. The van der Waals surface area contributed by atoms with Crippen LogP contribution in [-0.2, 0) is 26.1 Å². The molecule has 0 bridgehead atoms. The fourth-order valence-electron chi connectivity index (χ4n) is 4.63. The van der Waals surface area contributed by atoms with E-state index >= 15 is 0 Å². The van der Waals surface area contributed by atoms with Crippen LogP contribution in [0.4, 0.5) is 4.39 Å². The predicted octanol–water partition coefficient (Wildman–Crippen LogP) is 1.44. The Labute approximate surface area is 172 Å². The number of rotatable bonds is 4. The first-order valence-electron chi connectivity index (χ1n) is 10.1. The van der Waals surface area contributed by atoms with Crippen molar-refractivity contribution in [3.63, 3.8) is 0 Å². The molecule has 2 aromatic heterocycles. The van der Waals surface area contributed by atoms with E-state index in [9.17, 15) is 14.0 Å². The number of nitrogens with zero attached hydrogens (tertiary/aromatic N) is 5. The summed E-state index contributed by atoms with van der Waals surface area (Å²) in [6, 6.07) is 11.8. The molecular formula is C22H22FN5O2. The summed E-state index contributed by atoms with van der Waals surface area (Å²) in [5.41, 5.74) is 0.519. The Morgan fingerprint density at radius 2 is 1.83 bits per heavy atom. The molecule has 1 aromatic carbocycles. The summed E-state index contributed by atoms with van der Waals surface area (Å²) < 4.78 is 15.9. The predicted molar refractivity (Wildman–Crippen MR) is 109 cm³/mol. The molecule has 154 valence electrons. The Kier molecular flexibility index (Phi) is 4.58. The highest BCUT2D eigenvalue weighted by Gasteiger charge is 2.44. The second kappa shape index (κ2) is 7.28. The molecule has 1 fully saturated rings. The van der Waals surface area contributed by atoms with E-state index in [0.717, 1.165) is 37.3 Å². The fourth-order valence-corrected chi connectivity index (χ4v) is 4.63. The van der Waals surface area contributed by atoms with Gasteiger partial charge in [0, 0.05) is 37.7 Å². The van der Waals surface area contributed by atoms with Gasteiger partial charge >= 0.3 is 11.1 Å². The zero-order valence-corrected chi connectivity index (χ0v) is 16.5. The average molecular weight is 407 g/mol. The number of hydrogen-bond donors (Lipinski definition) is 0. The van der Waals surface area contributed by atoms with Crippen LogP contribution in [0.25, 0.3) is 0 Å². The lowest BCUT2D eigenvalue weighted by atomic mass is 9.86. The maximum Gasteiger partial charge on any atom is 0.332 e. The lowest BCUT2D eigenvalue weighted by Crippen LogP contribution is -2.43. The summed E-state index contributed by atoms with van der Waals surface area (Å²) >= 11 is 0. The van der Waals surface area contributed by atoms with Crippen LogP contribution in [0.2, 0.25) is 0 Å². The molecular weight excluding hydrogens is 385 g/mol. The van der Waals surface area contributed by atoms with Gasteiger partial charge in [0.15, 0.2) is 0 Å². The number of aromatic nitrogens is 4. The van der Waals surface area contributed by atoms with Gasteiger partial charge in [-0.15, -0.1) is 0 Å². The molecule has 1 saturated heterocycles. The maximum absolute atomic E-state index is 13.1. The van der Waals surface area contributed by atoms with Gasteiger partial charge in [0.2, 0.25) is 0 Å². The molecule has 3 aromatic rings. The van der Waals surface area contributed by atoms with Crippen molar-refractivity contribution >= 4 is 0 Å². The standard InChI is InChI=1S/C22H22FN5O2/c23-17-6-4-16(5-7-17)12-28-21(30)20(29)27-15-22(11-19(27)25-28)8-10-26(14-22)13-18-3-1-2-9-24-18/h1-7,9H,8,10-15H2/t22-/m0/s1. The summed E-state index contributed by atoms with van der Waals surface area (Å²) in [5.74, 6) is 0.313. The molecule has 2 aliphatic heterocycles. The van der Waals surface area contributed by atoms with Crippen molar-refractivity contribution in [1.29, 1.82) is 0 Å². The summed E-state index contributed by atoms with van der Waals surface area (Å²) in [7, 11) is 0. The van der Waals surface area contributed by atoms with E-state index in [1.807, 2.05) is 18.2 Å². The summed E-state index contributed by atoms with van der Waals surface area (Å²) in [6.07, 6.45) is 3.42. The zero-order chi connectivity index (χ0) is 20.7. The Morgan fingerprint density at radius 3 is 2.60 bits per heavy atom. The topological polar surface area (TPSA) is 73.0 Å². The van der Waals surface area contributed by atoms with E-state index in [1.165, 1.54) is 16.8 Å². The molecule has 0 N–H and O–H groups in total. The van der Waals surface area contributed by atoms with Crippen LogP contribution in [0.15, 0.2) is 58.3 Å². The third-order valence-corrected chi connectivity index (χ3v) is 6.11. The van der Waals surface area contributed by atoms with Crippen molar-refractivity contribution in [1.82, 2.24) is 24.2 Å². The Bertz CT molecular complexity index is 1190. The zero-order valence-electron chi connectivity index (χ0n) is 16.5. The first-order valence-corrected chi connectivity index (χ1v) is 10.1. The highest BCUT2D eigenvalue weighted by molar-refractivity contribution is 5.16. The molecule has 7 nitrogen and oxygen atoms in total.